The average molecular weight is 277 g/mol. The molecule has 2 unspecified atom stereocenters. The first-order valence-corrected chi connectivity index (χ1v) is 7.31. The van der Waals surface area contributed by atoms with E-state index in [0.29, 0.717) is 11.7 Å². The molecule has 2 rings (SSSR count). The number of rotatable bonds is 5. The molecule has 0 amide bonds. The molecule has 1 aliphatic rings. The largest absolute Gasteiger partial charge is 0.377 e. The van der Waals surface area contributed by atoms with Gasteiger partial charge in [0.15, 0.2) is 0 Å². The standard InChI is InChI=1S/C15H23N3O2/c1-11-6-7-14(15(9-11)18(19)20)17-12(2)10-13-5-3-4-8-16-13/h6-7,9,12-13,16-17H,3-5,8,10H2,1-2H3. The summed E-state index contributed by atoms with van der Waals surface area (Å²) >= 11 is 0. The van der Waals surface area contributed by atoms with Gasteiger partial charge in [-0.15, -0.1) is 0 Å². The second kappa shape index (κ2) is 6.70. The van der Waals surface area contributed by atoms with E-state index in [-0.39, 0.29) is 16.7 Å². The normalized spacial score (nSPS) is 20.4. The third-order valence-electron chi connectivity index (χ3n) is 3.80. The first-order valence-electron chi connectivity index (χ1n) is 7.31. The Balaban J connectivity index is 1.99. The van der Waals surface area contributed by atoms with E-state index in [1.165, 1.54) is 19.3 Å². The lowest BCUT2D eigenvalue weighted by Crippen LogP contribution is -2.37. The molecular formula is C15H23N3O2. The van der Waals surface area contributed by atoms with Crippen LogP contribution in [0.3, 0.4) is 0 Å². The molecule has 0 aromatic heterocycles. The molecule has 2 atom stereocenters. The van der Waals surface area contributed by atoms with Gasteiger partial charge in [-0.3, -0.25) is 10.1 Å². The second-order valence-electron chi connectivity index (χ2n) is 5.71. The summed E-state index contributed by atoms with van der Waals surface area (Å²) < 4.78 is 0. The zero-order chi connectivity index (χ0) is 14.5. The maximum atomic E-state index is 11.1. The zero-order valence-corrected chi connectivity index (χ0v) is 12.2. The van der Waals surface area contributed by atoms with Crippen LogP contribution in [0.1, 0.15) is 38.2 Å². The number of nitrogens with zero attached hydrogens (tertiary/aromatic N) is 1. The van der Waals surface area contributed by atoms with Crippen molar-refractivity contribution in [1.82, 2.24) is 5.32 Å². The molecule has 1 saturated heterocycles. The summed E-state index contributed by atoms with van der Waals surface area (Å²) in [7, 11) is 0. The number of hydrogen-bond donors (Lipinski definition) is 2. The number of anilines is 1. The molecule has 1 fully saturated rings. The maximum Gasteiger partial charge on any atom is 0.292 e. The van der Waals surface area contributed by atoms with Gasteiger partial charge in [-0.1, -0.05) is 12.5 Å². The van der Waals surface area contributed by atoms with Crippen molar-refractivity contribution in [2.24, 2.45) is 0 Å². The minimum atomic E-state index is -0.319. The molecule has 0 radical (unpaired) electrons. The minimum Gasteiger partial charge on any atom is -0.377 e. The predicted octanol–water partition coefficient (Wildman–Crippen LogP) is 3.24. The molecular weight excluding hydrogens is 254 g/mol. The monoisotopic (exact) mass is 277 g/mol. The molecule has 1 heterocycles. The van der Waals surface area contributed by atoms with E-state index in [9.17, 15) is 10.1 Å². The van der Waals surface area contributed by atoms with Crippen molar-refractivity contribution >= 4 is 11.4 Å². The van der Waals surface area contributed by atoms with Gasteiger partial charge in [0.1, 0.15) is 5.69 Å². The zero-order valence-electron chi connectivity index (χ0n) is 12.2. The van der Waals surface area contributed by atoms with Crippen molar-refractivity contribution in [3.05, 3.63) is 33.9 Å². The van der Waals surface area contributed by atoms with Crippen molar-refractivity contribution in [2.75, 3.05) is 11.9 Å². The Morgan fingerprint density at radius 2 is 2.30 bits per heavy atom. The quantitative estimate of drug-likeness (QED) is 0.640. The molecule has 5 nitrogen and oxygen atoms in total. The fourth-order valence-corrected chi connectivity index (χ4v) is 2.79. The second-order valence-corrected chi connectivity index (χ2v) is 5.71. The molecule has 1 aromatic rings. The van der Waals surface area contributed by atoms with Crippen LogP contribution in [-0.4, -0.2) is 23.6 Å². The SMILES string of the molecule is Cc1ccc(NC(C)CC2CCCCN2)c([N+](=O)[O-])c1. The molecule has 110 valence electrons. The van der Waals surface area contributed by atoms with Gasteiger partial charge in [0, 0.05) is 18.2 Å². The van der Waals surface area contributed by atoms with Gasteiger partial charge < -0.3 is 10.6 Å². The highest BCUT2D eigenvalue weighted by molar-refractivity contribution is 5.62. The van der Waals surface area contributed by atoms with E-state index in [1.54, 1.807) is 12.1 Å². The van der Waals surface area contributed by atoms with Crippen LogP contribution in [0.4, 0.5) is 11.4 Å². The molecule has 5 heteroatoms. The van der Waals surface area contributed by atoms with Crippen molar-refractivity contribution < 1.29 is 4.92 Å². The summed E-state index contributed by atoms with van der Waals surface area (Å²) in [6.45, 7) is 5.04. The van der Waals surface area contributed by atoms with Crippen LogP contribution in [0.2, 0.25) is 0 Å². The number of nitro benzene ring substituents is 1. The smallest absolute Gasteiger partial charge is 0.292 e. The summed E-state index contributed by atoms with van der Waals surface area (Å²) in [5.74, 6) is 0. The summed E-state index contributed by atoms with van der Waals surface area (Å²) in [6, 6.07) is 6.07. The van der Waals surface area contributed by atoms with E-state index in [4.69, 9.17) is 0 Å². The minimum absolute atomic E-state index is 0.161. The summed E-state index contributed by atoms with van der Waals surface area (Å²) in [6.07, 6.45) is 4.71. The Labute approximate surface area is 119 Å². The topological polar surface area (TPSA) is 67.2 Å². The van der Waals surface area contributed by atoms with Gasteiger partial charge in [0.25, 0.3) is 5.69 Å². The predicted molar refractivity (Wildman–Crippen MR) is 81.2 cm³/mol. The van der Waals surface area contributed by atoms with Gasteiger partial charge in [-0.2, -0.15) is 0 Å². The molecule has 1 aromatic carbocycles. The van der Waals surface area contributed by atoms with Gasteiger partial charge in [-0.25, -0.2) is 0 Å². The fraction of sp³-hybridized carbons (Fsp3) is 0.600. The number of hydrogen-bond acceptors (Lipinski definition) is 4. The number of benzene rings is 1. The highest BCUT2D eigenvalue weighted by atomic mass is 16.6. The molecule has 2 N–H and O–H groups in total. The summed E-state index contributed by atoms with van der Waals surface area (Å²) in [5.41, 5.74) is 1.68. The molecule has 0 saturated carbocycles. The molecule has 0 spiro atoms. The number of piperidine rings is 1. The van der Waals surface area contributed by atoms with Crippen molar-refractivity contribution in [2.45, 2.75) is 51.6 Å². The lowest BCUT2D eigenvalue weighted by molar-refractivity contribution is -0.384. The third-order valence-corrected chi connectivity index (χ3v) is 3.80. The van der Waals surface area contributed by atoms with Gasteiger partial charge in [-0.05, 0) is 51.3 Å². The fourth-order valence-electron chi connectivity index (χ4n) is 2.79. The van der Waals surface area contributed by atoms with E-state index >= 15 is 0 Å². The molecule has 20 heavy (non-hydrogen) atoms. The number of aryl methyl sites for hydroxylation is 1. The first kappa shape index (κ1) is 14.8. The first-order chi connectivity index (χ1) is 9.56. The lowest BCUT2D eigenvalue weighted by Gasteiger charge is -2.27. The van der Waals surface area contributed by atoms with Crippen molar-refractivity contribution in [1.29, 1.82) is 0 Å². The summed E-state index contributed by atoms with van der Waals surface area (Å²) in [4.78, 5) is 10.8. The number of nitrogens with one attached hydrogen (secondary N) is 2. The van der Waals surface area contributed by atoms with E-state index in [2.05, 4.69) is 17.6 Å². The van der Waals surface area contributed by atoms with E-state index in [1.807, 2.05) is 13.0 Å². The highest BCUT2D eigenvalue weighted by Gasteiger charge is 2.19. The van der Waals surface area contributed by atoms with Crippen LogP contribution in [0, 0.1) is 17.0 Å². The van der Waals surface area contributed by atoms with Crippen molar-refractivity contribution in [3.8, 4) is 0 Å². The van der Waals surface area contributed by atoms with Crippen LogP contribution in [0.25, 0.3) is 0 Å². The van der Waals surface area contributed by atoms with Gasteiger partial charge >= 0.3 is 0 Å². The average Bonchev–Trinajstić information content (AvgIpc) is 2.41. The van der Waals surface area contributed by atoms with E-state index in [0.717, 1.165) is 18.5 Å². The van der Waals surface area contributed by atoms with Crippen LogP contribution in [-0.2, 0) is 0 Å². The highest BCUT2D eigenvalue weighted by Crippen LogP contribution is 2.26. The van der Waals surface area contributed by atoms with Crippen LogP contribution < -0.4 is 10.6 Å². The lowest BCUT2D eigenvalue weighted by atomic mass is 9.98. The molecule has 1 aliphatic heterocycles. The Morgan fingerprint density at radius 1 is 1.50 bits per heavy atom. The van der Waals surface area contributed by atoms with Crippen LogP contribution in [0.5, 0.6) is 0 Å². The van der Waals surface area contributed by atoms with Gasteiger partial charge in [0.05, 0.1) is 4.92 Å². The van der Waals surface area contributed by atoms with Gasteiger partial charge in [0.2, 0.25) is 0 Å². The Morgan fingerprint density at radius 3 is 2.95 bits per heavy atom. The number of nitro groups is 1. The molecule has 0 bridgehead atoms. The Bertz CT molecular complexity index is 470. The van der Waals surface area contributed by atoms with Crippen LogP contribution in [0.15, 0.2) is 18.2 Å². The third kappa shape index (κ3) is 3.93. The van der Waals surface area contributed by atoms with Crippen molar-refractivity contribution in [3.63, 3.8) is 0 Å². The maximum absolute atomic E-state index is 11.1. The summed E-state index contributed by atoms with van der Waals surface area (Å²) in [5, 5.41) is 17.9. The molecule has 0 aliphatic carbocycles. The van der Waals surface area contributed by atoms with Crippen LogP contribution >= 0.6 is 0 Å². The van der Waals surface area contributed by atoms with E-state index < -0.39 is 0 Å². The Kier molecular flexibility index (Phi) is 4.95. The Hall–Kier alpha value is -1.62.